The Balaban J connectivity index is 2.76. The van der Waals surface area contributed by atoms with Crippen LogP contribution in [0.5, 0.6) is 0 Å². The molecule has 1 aromatic carbocycles. The highest BCUT2D eigenvalue weighted by atomic mass is 35.5. The topological polar surface area (TPSA) is 46.6 Å². The second kappa shape index (κ2) is 6.52. The summed E-state index contributed by atoms with van der Waals surface area (Å²) in [5.74, 6) is -1.74. The molecule has 0 bridgehead atoms. The Labute approximate surface area is 116 Å². The SMILES string of the molecule is COC(=O)C(C)CN(C)C(=O)c1ccc(F)c(Cl)c1. The van der Waals surface area contributed by atoms with Crippen molar-refractivity contribution in [3.8, 4) is 0 Å². The molecule has 0 saturated carbocycles. The molecule has 0 spiro atoms. The largest absolute Gasteiger partial charge is 0.469 e. The van der Waals surface area contributed by atoms with Crippen molar-refractivity contribution in [2.24, 2.45) is 5.92 Å². The summed E-state index contributed by atoms with van der Waals surface area (Å²) < 4.78 is 17.6. The minimum Gasteiger partial charge on any atom is -0.469 e. The molecule has 1 rings (SSSR count). The lowest BCUT2D eigenvalue weighted by Gasteiger charge is -2.20. The van der Waals surface area contributed by atoms with Crippen molar-refractivity contribution in [2.45, 2.75) is 6.92 Å². The van der Waals surface area contributed by atoms with E-state index < -0.39 is 17.7 Å². The van der Waals surface area contributed by atoms with Crippen LogP contribution in [0.2, 0.25) is 5.02 Å². The second-order valence-electron chi connectivity index (χ2n) is 4.24. The number of ether oxygens (including phenoxy) is 1. The van der Waals surface area contributed by atoms with Crippen molar-refractivity contribution in [1.29, 1.82) is 0 Å². The van der Waals surface area contributed by atoms with Gasteiger partial charge in [0.05, 0.1) is 18.1 Å². The minimum absolute atomic E-state index is 0.111. The number of amides is 1. The van der Waals surface area contributed by atoms with E-state index in [1.165, 1.54) is 24.1 Å². The Morgan fingerprint density at radius 2 is 2.11 bits per heavy atom. The molecule has 0 N–H and O–H groups in total. The zero-order valence-electron chi connectivity index (χ0n) is 10.9. The highest BCUT2D eigenvalue weighted by molar-refractivity contribution is 6.31. The number of hydrogen-bond donors (Lipinski definition) is 0. The Hall–Kier alpha value is -1.62. The molecule has 0 aliphatic rings. The van der Waals surface area contributed by atoms with Crippen LogP contribution >= 0.6 is 11.6 Å². The lowest BCUT2D eigenvalue weighted by molar-refractivity contribution is -0.145. The van der Waals surface area contributed by atoms with Crippen molar-refractivity contribution >= 4 is 23.5 Å². The third-order valence-electron chi connectivity index (χ3n) is 2.66. The van der Waals surface area contributed by atoms with Crippen LogP contribution in [0.25, 0.3) is 0 Å². The number of halogens is 2. The standard InChI is InChI=1S/C13H15ClFNO3/c1-8(13(18)19-3)7-16(2)12(17)9-4-5-11(15)10(14)6-9/h4-6,8H,7H2,1-3H3. The molecule has 0 saturated heterocycles. The maximum Gasteiger partial charge on any atom is 0.310 e. The van der Waals surface area contributed by atoms with Gasteiger partial charge in [0, 0.05) is 19.2 Å². The summed E-state index contributed by atoms with van der Waals surface area (Å²) in [4.78, 5) is 24.7. The number of benzene rings is 1. The quantitative estimate of drug-likeness (QED) is 0.799. The zero-order chi connectivity index (χ0) is 14.6. The van der Waals surface area contributed by atoms with Crippen molar-refractivity contribution in [2.75, 3.05) is 20.7 Å². The molecule has 104 valence electrons. The molecule has 1 aromatic rings. The van der Waals surface area contributed by atoms with Crippen LogP contribution in [0.4, 0.5) is 4.39 Å². The van der Waals surface area contributed by atoms with E-state index in [0.717, 1.165) is 6.07 Å². The minimum atomic E-state index is -0.580. The molecule has 1 atom stereocenters. The smallest absolute Gasteiger partial charge is 0.310 e. The van der Waals surface area contributed by atoms with Gasteiger partial charge in [-0.05, 0) is 18.2 Å². The average molecular weight is 288 g/mol. The highest BCUT2D eigenvalue weighted by Crippen LogP contribution is 2.17. The molecular weight excluding hydrogens is 273 g/mol. The van der Waals surface area contributed by atoms with E-state index >= 15 is 0 Å². The number of nitrogens with zero attached hydrogens (tertiary/aromatic N) is 1. The van der Waals surface area contributed by atoms with Gasteiger partial charge in [-0.3, -0.25) is 9.59 Å². The van der Waals surface area contributed by atoms with Crippen molar-refractivity contribution in [1.82, 2.24) is 4.90 Å². The summed E-state index contributed by atoms with van der Waals surface area (Å²) in [6.07, 6.45) is 0. The Morgan fingerprint density at radius 3 is 2.63 bits per heavy atom. The van der Waals surface area contributed by atoms with Crippen molar-refractivity contribution in [3.63, 3.8) is 0 Å². The molecule has 1 unspecified atom stereocenters. The van der Waals surface area contributed by atoms with Crippen LogP contribution in [0.1, 0.15) is 17.3 Å². The average Bonchev–Trinajstić information content (AvgIpc) is 2.39. The van der Waals surface area contributed by atoms with Gasteiger partial charge in [-0.25, -0.2) is 4.39 Å². The maximum absolute atomic E-state index is 13.0. The number of rotatable bonds is 4. The molecule has 0 aliphatic carbocycles. The number of carbonyl (C=O) groups is 2. The van der Waals surface area contributed by atoms with E-state index in [-0.39, 0.29) is 23.0 Å². The summed E-state index contributed by atoms with van der Waals surface area (Å²) in [6.45, 7) is 1.87. The van der Waals surface area contributed by atoms with Crippen LogP contribution in [-0.4, -0.2) is 37.5 Å². The monoisotopic (exact) mass is 287 g/mol. The highest BCUT2D eigenvalue weighted by Gasteiger charge is 2.20. The fraction of sp³-hybridized carbons (Fsp3) is 0.385. The summed E-state index contributed by atoms with van der Waals surface area (Å²) in [5, 5.41) is -0.111. The second-order valence-corrected chi connectivity index (χ2v) is 4.65. The molecule has 6 heteroatoms. The van der Waals surface area contributed by atoms with Crippen LogP contribution in [-0.2, 0) is 9.53 Å². The normalized spacial score (nSPS) is 11.8. The first kappa shape index (κ1) is 15.4. The van der Waals surface area contributed by atoms with E-state index in [1.54, 1.807) is 14.0 Å². The first-order valence-corrected chi connectivity index (χ1v) is 6.03. The molecule has 0 aromatic heterocycles. The first-order chi connectivity index (χ1) is 8.86. The number of esters is 1. The van der Waals surface area contributed by atoms with Gasteiger partial charge in [0.15, 0.2) is 0 Å². The molecule has 1 amide bonds. The van der Waals surface area contributed by atoms with Crippen LogP contribution in [0.15, 0.2) is 18.2 Å². The molecular formula is C13H15ClFNO3. The molecule has 0 radical (unpaired) electrons. The fourth-order valence-corrected chi connectivity index (χ4v) is 1.80. The summed E-state index contributed by atoms with van der Waals surface area (Å²) in [6, 6.07) is 3.74. The summed E-state index contributed by atoms with van der Waals surface area (Å²) >= 11 is 5.62. The third-order valence-corrected chi connectivity index (χ3v) is 2.95. The fourth-order valence-electron chi connectivity index (χ4n) is 1.62. The van der Waals surface area contributed by atoms with Gasteiger partial charge < -0.3 is 9.64 Å². The van der Waals surface area contributed by atoms with E-state index in [2.05, 4.69) is 4.74 Å². The number of hydrogen-bond acceptors (Lipinski definition) is 3. The maximum atomic E-state index is 13.0. The number of methoxy groups -OCH3 is 1. The molecule has 4 nitrogen and oxygen atoms in total. The summed E-state index contributed by atoms with van der Waals surface area (Å²) in [5.41, 5.74) is 0.269. The van der Waals surface area contributed by atoms with Crippen molar-refractivity contribution in [3.05, 3.63) is 34.6 Å². The predicted octanol–water partition coefficient (Wildman–Crippen LogP) is 2.36. The Morgan fingerprint density at radius 1 is 1.47 bits per heavy atom. The molecule has 0 fully saturated rings. The van der Waals surface area contributed by atoms with E-state index in [1.807, 2.05) is 0 Å². The predicted molar refractivity (Wildman–Crippen MR) is 69.6 cm³/mol. The van der Waals surface area contributed by atoms with Gasteiger partial charge >= 0.3 is 5.97 Å². The Bertz CT molecular complexity index is 493. The van der Waals surface area contributed by atoms with Crippen LogP contribution in [0, 0.1) is 11.7 Å². The number of carbonyl (C=O) groups excluding carboxylic acids is 2. The van der Waals surface area contributed by atoms with Gasteiger partial charge in [-0.15, -0.1) is 0 Å². The van der Waals surface area contributed by atoms with Gasteiger partial charge in [-0.2, -0.15) is 0 Å². The van der Waals surface area contributed by atoms with Gasteiger partial charge in [0.2, 0.25) is 0 Å². The lowest BCUT2D eigenvalue weighted by atomic mass is 10.1. The van der Waals surface area contributed by atoms with Gasteiger partial charge in [-0.1, -0.05) is 18.5 Å². The summed E-state index contributed by atoms with van der Waals surface area (Å²) in [7, 11) is 2.85. The van der Waals surface area contributed by atoms with E-state index in [9.17, 15) is 14.0 Å². The third kappa shape index (κ3) is 3.92. The van der Waals surface area contributed by atoms with E-state index in [4.69, 9.17) is 11.6 Å². The van der Waals surface area contributed by atoms with Gasteiger partial charge in [0.25, 0.3) is 5.91 Å². The van der Waals surface area contributed by atoms with E-state index in [0.29, 0.717) is 0 Å². The Kier molecular flexibility index (Phi) is 5.30. The lowest BCUT2D eigenvalue weighted by Crippen LogP contribution is -2.34. The van der Waals surface area contributed by atoms with Crippen molar-refractivity contribution < 1.29 is 18.7 Å². The van der Waals surface area contributed by atoms with Gasteiger partial charge in [0.1, 0.15) is 5.82 Å². The van der Waals surface area contributed by atoms with Crippen LogP contribution in [0.3, 0.4) is 0 Å². The first-order valence-electron chi connectivity index (χ1n) is 5.65. The molecule has 0 aliphatic heterocycles. The molecule has 0 heterocycles. The zero-order valence-corrected chi connectivity index (χ0v) is 11.7. The molecule has 19 heavy (non-hydrogen) atoms. The van der Waals surface area contributed by atoms with Crippen LogP contribution < -0.4 is 0 Å².